The maximum absolute atomic E-state index is 12.8. The number of amides is 1. The zero-order chi connectivity index (χ0) is 20.9. The molecule has 9 heteroatoms. The highest BCUT2D eigenvalue weighted by atomic mass is 32.2. The Kier molecular flexibility index (Phi) is 6.81. The number of halogens is 3. The van der Waals surface area contributed by atoms with Gasteiger partial charge in [0.25, 0.3) is 0 Å². The third-order valence-corrected chi connectivity index (χ3v) is 5.75. The molecule has 3 aromatic rings. The summed E-state index contributed by atoms with van der Waals surface area (Å²) in [4.78, 5) is 21.8. The first-order chi connectivity index (χ1) is 13.8. The Labute approximate surface area is 174 Å². The molecular weight excluding hydrogens is 419 g/mol. The zero-order valence-corrected chi connectivity index (χ0v) is 16.8. The van der Waals surface area contributed by atoms with Crippen LogP contribution >= 0.6 is 23.5 Å². The van der Waals surface area contributed by atoms with Crippen LogP contribution in [0.1, 0.15) is 12.6 Å². The average Bonchev–Trinajstić information content (AvgIpc) is 2.70. The third-order valence-electron chi connectivity index (χ3n) is 3.69. The molecule has 0 aliphatic carbocycles. The zero-order valence-electron chi connectivity index (χ0n) is 15.2. The first-order valence-corrected chi connectivity index (χ1v) is 10.2. The molecule has 3 rings (SSSR count). The van der Waals surface area contributed by atoms with E-state index in [-0.39, 0.29) is 11.1 Å². The number of para-hydroxylation sites is 1. The van der Waals surface area contributed by atoms with Crippen molar-refractivity contribution in [1.29, 1.82) is 0 Å². The number of nitrogens with one attached hydrogen (secondary N) is 1. The van der Waals surface area contributed by atoms with Gasteiger partial charge in [-0.1, -0.05) is 53.9 Å². The lowest BCUT2D eigenvalue weighted by atomic mass is 10.3. The molecule has 0 spiro atoms. The minimum Gasteiger partial charge on any atom is -0.324 e. The smallest absolute Gasteiger partial charge is 0.324 e. The van der Waals surface area contributed by atoms with Crippen molar-refractivity contribution in [2.45, 2.75) is 33.3 Å². The van der Waals surface area contributed by atoms with Gasteiger partial charge >= 0.3 is 6.18 Å². The van der Waals surface area contributed by atoms with E-state index in [1.165, 1.54) is 11.8 Å². The molecule has 0 aliphatic rings. The minimum absolute atomic E-state index is 0.102. The Morgan fingerprint density at radius 3 is 2.45 bits per heavy atom. The number of hydrogen-bond acceptors (Lipinski definition) is 5. The second-order valence-corrected chi connectivity index (χ2v) is 8.31. The summed E-state index contributed by atoms with van der Waals surface area (Å²) >= 11 is 2.38. The van der Waals surface area contributed by atoms with Gasteiger partial charge in [-0.3, -0.25) is 4.79 Å². The van der Waals surface area contributed by atoms with Crippen molar-refractivity contribution in [1.82, 2.24) is 9.97 Å². The molecule has 1 atom stereocenters. The predicted octanol–water partition coefficient (Wildman–Crippen LogP) is 5.77. The van der Waals surface area contributed by atoms with E-state index >= 15 is 0 Å². The van der Waals surface area contributed by atoms with E-state index in [1.54, 1.807) is 19.1 Å². The van der Waals surface area contributed by atoms with Crippen molar-refractivity contribution < 1.29 is 18.0 Å². The number of aromatic nitrogens is 2. The van der Waals surface area contributed by atoms with Crippen LogP contribution in [0.25, 0.3) is 0 Å². The van der Waals surface area contributed by atoms with E-state index in [1.807, 2.05) is 42.5 Å². The van der Waals surface area contributed by atoms with Crippen molar-refractivity contribution in [3.05, 3.63) is 72.6 Å². The molecule has 2 aromatic carbocycles. The van der Waals surface area contributed by atoms with Gasteiger partial charge in [0.15, 0.2) is 5.16 Å². The van der Waals surface area contributed by atoms with E-state index in [2.05, 4.69) is 15.3 Å². The summed E-state index contributed by atoms with van der Waals surface area (Å²) in [6.07, 6.45) is -3.52. The van der Waals surface area contributed by atoms with Gasteiger partial charge in [0.1, 0.15) is 5.69 Å². The molecule has 0 saturated heterocycles. The van der Waals surface area contributed by atoms with E-state index in [0.717, 1.165) is 33.8 Å². The highest BCUT2D eigenvalue weighted by molar-refractivity contribution is 8.00. The highest BCUT2D eigenvalue weighted by Gasteiger charge is 2.33. The Balaban J connectivity index is 1.69. The molecule has 0 unspecified atom stereocenters. The van der Waals surface area contributed by atoms with Gasteiger partial charge in [0, 0.05) is 16.0 Å². The topological polar surface area (TPSA) is 54.9 Å². The monoisotopic (exact) mass is 435 g/mol. The summed E-state index contributed by atoms with van der Waals surface area (Å²) in [6, 6.07) is 17.8. The molecule has 29 heavy (non-hydrogen) atoms. The molecule has 1 N–H and O–H groups in total. The molecule has 0 bridgehead atoms. The average molecular weight is 435 g/mol. The molecule has 0 saturated carbocycles. The fourth-order valence-corrected chi connectivity index (χ4v) is 3.95. The molecule has 4 nitrogen and oxygen atoms in total. The quantitative estimate of drug-likeness (QED) is 0.394. The van der Waals surface area contributed by atoms with Crippen LogP contribution < -0.4 is 5.32 Å². The Morgan fingerprint density at radius 1 is 1.03 bits per heavy atom. The number of carbonyl (C=O) groups excluding carboxylic acids is 1. The van der Waals surface area contributed by atoms with Crippen molar-refractivity contribution in [3.8, 4) is 0 Å². The summed E-state index contributed by atoms with van der Waals surface area (Å²) in [7, 11) is 0. The Morgan fingerprint density at radius 2 is 1.72 bits per heavy atom. The van der Waals surface area contributed by atoms with Gasteiger partial charge in [-0.15, -0.1) is 0 Å². The second kappa shape index (κ2) is 9.32. The SMILES string of the molecule is C[C@H](Sc1nccc(C(F)(F)F)n1)C(=O)Nc1ccccc1Sc1ccccc1. The molecule has 0 aliphatic heterocycles. The van der Waals surface area contributed by atoms with E-state index < -0.39 is 17.1 Å². The van der Waals surface area contributed by atoms with E-state index in [0.29, 0.717) is 5.69 Å². The van der Waals surface area contributed by atoms with Gasteiger partial charge in [-0.05, 0) is 37.3 Å². The molecule has 1 heterocycles. The standard InChI is InChI=1S/C20H16F3N3OS2/c1-13(28-19-24-12-11-17(26-19)20(21,22)23)18(27)25-15-9-5-6-10-16(15)29-14-7-3-2-4-8-14/h2-13H,1H3,(H,25,27)/t13-/m0/s1. The highest BCUT2D eigenvalue weighted by Crippen LogP contribution is 2.34. The fraction of sp³-hybridized carbons (Fsp3) is 0.150. The van der Waals surface area contributed by atoms with Crippen molar-refractivity contribution in [3.63, 3.8) is 0 Å². The van der Waals surface area contributed by atoms with Gasteiger partial charge in [-0.25, -0.2) is 9.97 Å². The van der Waals surface area contributed by atoms with Crippen LogP contribution in [0.3, 0.4) is 0 Å². The minimum atomic E-state index is -4.56. The number of anilines is 1. The number of thioether (sulfide) groups is 1. The lowest BCUT2D eigenvalue weighted by molar-refractivity contribution is -0.141. The summed E-state index contributed by atoms with van der Waals surface area (Å²) < 4.78 is 38.4. The first-order valence-electron chi connectivity index (χ1n) is 8.52. The fourth-order valence-electron chi connectivity index (χ4n) is 2.28. The van der Waals surface area contributed by atoms with Gasteiger partial charge in [-0.2, -0.15) is 13.2 Å². The lowest BCUT2D eigenvalue weighted by Crippen LogP contribution is -2.23. The van der Waals surface area contributed by atoms with Crippen LogP contribution in [-0.2, 0) is 11.0 Å². The van der Waals surface area contributed by atoms with Crippen LogP contribution in [0.15, 0.2) is 81.8 Å². The largest absolute Gasteiger partial charge is 0.433 e. The Hall–Kier alpha value is -2.52. The molecule has 0 fully saturated rings. The maximum Gasteiger partial charge on any atom is 0.433 e. The van der Waals surface area contributed by atoms with Crippen LogP contribution in [0, 0.1) is 0 Å². The van der Waals surface area contributed by atoms with Crippen LogP contribution in [0.2, 0.25) is 0 Å². The van der Waals surface area contributed by atoms with Crippen molar-refractivity contribution in [2.75, 3.05) is 5.32 Å². The summed E-state index contributed by atoms with van der Waals surface area (Å²) in [5.74, 6) is -0.350. The number of benzene rings is 2. The Bertz CT molecular complexity index is 984. The maximum atomic E-state index is 12.8. The summed E-state index contributed by atoms with van der Waals surface area (Å²) in [5.41, 5.74) is -0.407. The van der Waals surface area contributed by atoms with E-state index in [4.69, 9.17) is 0 Å². The van der Waals surface area contributed by atoms with E-state index in [9.17, 15) is 18.0 Å². The molecule has 150 valence electrons. The number of hydrogen-bond donors (Lipinski definition) is 1. The van der Waals surface area contributed by atoms with Crippen molar-refractivity contribution >= 4 is 35.1 Å². The van der Waals surface area contributed by atoms with Crippen LogP contribution in [0.5, 0.6) is 0 Å². The molecule has 0 radical (unpaired) electrons. The molecule has 1 amide bonds. The predicted molar refractivity (Wildman–Crippen MR) is 108 cm³/mol. The normalized spacial score (nSPS) is 12.4. The summed E-state index contributed by atoms with van der Waals surface area (Å²) in [6.45, 7) is 1.59. The first kappa shape index (κ1) is 21.2. The third kappa shape index (κ3) is 5.98. The second-order valence-electron chi connectivity index (χ2n) is 5.88. The van der Waals surface area contributed by atoms with Crippen LogP contribution in [0.4, 0.5) is 18.9 Å². The van der Waals surface area contributed by atoms with Gasteiger partial charge < -0.3 is 5.32 Å². The number of carbonyl (C=O) groups is 1. The molecular formula is C20H16F3N3OS2. The van der Waals surface area contributed by atoms with Gasteiger partial charge in [0.2, 0.25) is 5.91 Å². The summed E-state index contributed by atoms with van der Waals surface area (Å²) in [5, 5.41) is 2.05. The van der Waals surface area contributed by atoms with Crippen LogP contribution in [-0.4, -0.2) is 21.1 Å². The number of alkyl halides is 3. The van der Waals surface area contributed by atoms with Gasteiger partial charge in [0.05, 0.1) is 10.9 Å². The number of nitrogens with zero attached hydrogens (tertiary/aromatic N) is 2. The molecule has 1 aromatic heterocycles. The van der Waals surface area contributed by atoms with Crippen molar-refractivity contribution in [2.24, 2.45) is 0 Å². The number of rotatable bonds is 6. The lowest BCUT2D eigenvalue weighted by Gasteiger charge is -2.14.